The summed E-state index contributed by atoms with van der Waals surface area (Å²) < 4.78 is 11.7. The maximum Gasteiger partial charge on any atom is 0.247 e. The van der Waals surface area contributed by atoms with Crippen molar-refractivity contribution in [2.45, 2.75) is 17.1 Å². The first-order valence-electron chi connectivity index (χ1n) is 8.94. The van der Waals surface area contributed by atoms with E-state index < -0.39 is 6.23 Å². The zero-order chi connectivity index (χ0) is 19.6. The summed E-state index contributed by atoms with van der Waals surface area (Å²) in [5.41, 5.74) is 3.48. The molecule has 1 atom stereocenters. The molecule has 1 aliphatic rings. The number of furan rings is 1. The van der Waals surface area contributed by atoms with Gasteiger partial charge in [-0.3, -0.25) is 0 Å². The van der Waals surface area contributed by atoms with Crippen molar-refractivity contribution in [2.75, 3.05) is 5.32 Å². The van der Waals surface area contributed by atoms with E-state index in [2.05, 4.69) is 20.5 Å². The third-order valence-corrected chi connectivity index (χ3v) is 5.58. The van der Waals surface area contributed by atoms with Crippen molar-refractivity contribution >= 4 is 29.1 Å². The van der Waals surface area contributed by atoms with Crippen LogP contribution in [0.4, 0.5) is 5.69 Å². The lowest BCUT2D eigenvalue weighted by atomic mass is 10.1. The van der Waals surface area contributed by atoms with E-state index in [1.165, 1.54) is 11.8 Å². The smallest absolute Gasteiger partial charge is 0.247 e. The highest BCUT2D eigenvalue weighted by molar-refractivity contribution is 7.98. The maximum atomic E-state index is 6.14. The van der Waals surface area contributed by atoms with Crippen LogP contribution in [0.1, 0.15) is 17.6 Å². The van der Waals surface area contributed by atoms with Crippen LogP contribution in [0.5, 0.6) is 5.88 Å². The molecule has 0 radical (unpaired) electrons. The molecule has 0 amide bonds. The number of para-hydroxylation sites is 1. The van der Waals surface area contributed by atoms with Gasteiger partial charge in [-0.1, -0.05) is 53.7 Å². The van der Waals surface area contributed by atoms with Gasteiger partial charge in [-0.15, -0.1) is 10.2 Å². The van der Waals surface area contributed by atoms with E-state index in [0.29, 0.717) is 33.3 Å². The van der Waals surface area contributed by atoms with Crippen LogP contribution in [-0.4, -0.2) is 15.2 Å². The van der Waals surface area contributed by atoms with Crippen LogP contribution in [-0.2, 0) is 5.75 Å². The third kappa shape index (κ3) is 3.79. The normalized spacial score (nSPS) is 14.9. The van der Waals surface area contributed by atoms with E-state index in [4.69, 9.17) is 20.8 Å². The summed E-state index contributed by atoms with van der Waals surface area (Å²) in [5, 5.41) is 13.3. The number of ether oxygens (including phenoxy) is 1. The minimum atomic E-state index is -0.516. The Bertz CT molecular complexity index is 1140. The highest BCUT2D eigenvalue weighted by Gasteiger charge is 2.27. The first-order valence-corrected chi connectivity index (χ1v) is 10.3. The topological polar surface area (TPSA) is 73.1 Å². The van der Waals surface area contributed by atoms with E-state index in [-0.39, 0.29) is 0 Å². The predicted octanol–water partition coefficient (Wildman–Crippen LogP) is 5.58. The predicted molar refractivity (Wildman–Crippen MR) is 112 cm³/mol. The molecular formula is C21H15ClN4O2S. The molecule has 4 aromatic rings. The van der Waals surface area contributed by atoms with Gasteiger partial charge in [0.1, 0.15) is 0 Å². The molecule has 0 saturated carbocycles. The first-order chi connectivity index (χ1) is 14.3. The average Bonchev–Trinajstić information content (AvgIpc) is 3.23. The van der Waals surface area contributed by atoms with Gasteiger partial charge in [0, 0.05) is 22.0 Å². The van der Waals surface area contributed by atoms with Gasteiger partial charge < -0.3 is 14.5 Å². The molecule has 0 bridgehead atoms. The van der Waals surface area contributed by atoms with E-state index in [1.54, 1.807) is 6.26 Å². The fourth-order valence-electron chi connectivity index (χ4n) is 3.01. The Labute approximate surface area is 176 Å². The highest BCUT2D eigenvalue weighted by Crippen LogP contribution is 2.39. The zero-order valence-corrected chi connectivity index (χ0v) is 16.7. The molecule has 0 aliphatic carbocycles. The minimum Gasteiger partial charge on any atom is -0.463 e. The number of fused-ring (bicyclic) bond motifs is 3. The summed E-state index contributed by atoms with van der Waals surface area (Å²) in [6.45, 7) is 0. The molecule has 2 aromatic carbocycles. The van der Waals surface area contributed by atoms with Gasteiger partial charge in [0.2, 0.25) is 17.3 Å². The van der Waals surface area contributed by atoms with Gasteiger partial charge in [0.05, 0.1) is 6.26 Å². The number of nitrogens with zero attached hydrogens (tertiary/aromatic N) is 3. The van der Waals surface area contributed by atoms with E-state index in [9.17, 15) is 0 Å². The summed E-state index contributed by atoms with van der Waals surface area (Å²) in [5.74, 6) is 1.77. The number of anilines is 1. The highest BCUT2D eigenvalue weighted by atomic mass is 35.5. The van der Waals surface area contributed by atoms with Crippen LogP contribution in [0.3, 0.4) is 0 Å². The monoisotopic (exact) mass is 422 g/mol. The second-order valence-corrected chi connectivity index (χ2v) is 7.75. The van der Waals surface area contributed by atoms with E-state index in [0.717, 1.165) is 16.8 Å². The average molecular weight is 423 g/mol. The van der Waals surface area contributed by atoms with Crippen molar-refractivity contribution in [1.29, 1.82) is 0 Å². The molecule has 2 aromatic heterocycles. The molecule has 6 nitrogen and oxygen atoms in total. The molecule has 8 heteroatoms. The maximum absolute atomic E-state index is 6.14. The van der Waals surface area contributed by atoms with Crippen molar-refractivity contribution in [1.82, 2.24) is 15.2 Å². The second-order valence-electron chi connectivity index (χ2n) is 6.37. The summed E-state index contributed by atoms with van der Waals surface area (Å²) in [4.78, 5) is 4.62. The standard InChI is InChI=1S/C21H15ClN4O2S/c22-14-9-7-13(8-10-14)12-29-21-24-20-18(25-26-21)15-4-1-2-5-16(15)23-19(28-20)17-6-3-11-27-17/h1-11,19,23H,12H2/t19-/m1/s1. The fourth-order valence-corrected chi connectivity index (χ4v) is 3.87. The molecule has 3 heterocycles. The molecule has 1 N–H and O–H groups in total. The second kappa shape index (κ2) is 7.77. The van der Waals surface area contributed by atoms with E-state index in [1.807, 2.05) is 60.7 Å². The van der Waals surface area contributed by atoms with Crippen molar-refractivity contribution < 1.29 is 9.15 Å². The number of aromatic nitrogens is 3. The lowest BCUT2D eigenvalue weighted by Crippen LogP contribution is -2.16. The molecule has 1 aliphatic heterocycles. The largest absolute Gasteiger partial charge is 0.463 e. The Balaban J connectivity index is 1.47. The number of thioether (sulfide) groups is 1. The number of halogens is 1. The van der Waals surface area contributed by atoms with Gasteiger partial charge in [-0.05, 0) is 35.9 Å². The Morgan fingerprint density at radius 3 is 2.69 bits per heavy atom. The molecule has 5 rings (SSSR count). The van der Waals surface area contributed by atoms with Gasteiger partial charge in [0.25, 0.3) is 0 Å². The minimum absolute atomic E-state index is 0.414. The van der Waals surface area contributed by atoms with Gasteiger partial charge >= 0.3 is 0 Å². The zero-order valence-electron chi connectivity index (χ0n) is 15.1. The Hall–Kier alpha value is -3.03. The van der Waals surface area contributed by atoms with E-state index >= 15 is 0 Å². The third-order valence-electron chi connectivity index (χ3n) is 4.42. The van der Waals surface area contributed by atoms with Crippen LogP contribution < -0.4 is 10.1 Å². The van der Waals surface area contributed by atoms with Gasteiger partial charge in [-0.2, -0.15) is 4.98 Å². The summed E-state index contributed by atoms with van der Waals surface area (Å²) in [6.07, 6.45) is 1.10. The summed E-state index contributed by atoms with van der Waals surface area (Å²) in [7, 11) is 0. The first kappa shape index (κ1) is 18.0. The number of benzene rings is 2. The lowest BCUT2D eigenvalue weighted by Gasteiger charge is -2.16. The molecule has 0 spiro atoms. The summed E-state index contributed by atoms with van der Waals surface area (Å²) in [6, 6.07) is 19.2. The molecule has 0 unspecified atom stereocenters. The quantitative estimate of drug-likeness (QED) is 0.430. The van der Waals surface area contributed by atoms with Crippen molar-refractivity contribution in [3.8, 4) is 17.1 Å². The number of hydrogen-bond acceptors (Lipinski definition) is 7. The van der Waals surface area contributed by atoms with Crippen molar-refractivity contribution in [3.63, 3.8) is 0 Å². The number of nitrogens with one attached hydrogen (secondary N) is 1. The molecule has 0 saturated heterocycles. The Morgan fingerprint density at radius 2 is 1.86 bits per heavy atom. The number of rotatable bonds is 4. The Kier molecular flexibility index (Phi) is 4.83. The van der Waals surface area contributed by atoms with Crippen molar-refractivity contribution in [2.24, 2.45) is 0 Å². The van der Waals surface area contributed by atoms with Crippen LogP contribution in [0.25, 0.3) is 11.3 Å². The summed E-state index contributed by atoms with van der Waals surface area (Å²) >= 11 is 7.44. The fraction of sp³-hybridized carbons (Fsp3) is 0.0952. The Morgan fingerprint density at radius 1 is 1.00 bits per heavy atom. The SMILES string of the molecule is Clc1ccc(CSc2nnc3c(n2)O[C@H](c2ccco2)Nc2ccccc2-3)cc1. The number of hydrogen-bond donors (Lipinski definition) is 1. The van der Waals surface area contributed by atoms with Gasteiger partial charge in [0.15, 0.2) is 11.5 Å². The van der Waals surface area contributed by atoms with Crippen LogP contribution in [0.2, 0.25) is 5.02 Å². The molecule has 144 valence electrons. The van der Waals surface area contributed by atoms with Crippen molar-refractivity contribution in [3.05, 3.63) is 83.3 Å². The van der Waals surface area contributed by atoms with Gasteiger partial charge in [-0.25, -0.2) is 0 Å². The molecular weight excluding hydrogens is 408 g/mol. The van der Waals surface area contributed by atoms with Crippen LogP contribution in [0, 0.1) is 0 Å². The molecule has 29 heavy (non-hydrogen) atoms. The lowest BCUT2D eigenvalue weighted by molar-refractivity contribution is 0.195. The molecule has 0 fully saturated rings. The van der Waals surface area contributed by atoms with Crippen LogP contribution in [0.15, 0.2) is 76.5 Å². The van der Waals surface area contributed by atoms with Crippen LogP contribution >= 0.6 is 23.4 Å².